The zero-order valence-electron chi connectivity index (χ0n) is 19.1. The van der Waals surface area contributed by atoms with Crippen LogP contribution < -0.4 is 10.6 Å². The first-order chi connectivity index (χ1) is 14.7. The predicted octanol–water partition coefficient (Wildman–Crippen LogP) is 3.60. The molecule has 0 aromatic heterocycles. The summed E-state index contributed by atoms with van der Waals surface area (Å²) in [5.74, 6) is -0.472. The van der Waals surface area contributed by atoms with Crippen molar-refractivity contribution in [1.82, 2.24) is 15.5 Å². The van der Waals surface area contributed by atoms with Crippen LogP contribution in [0.25, 0.3) is 0 Å². The number of nitrogens with one attached hydrogen (secondary N) is 2. The van der Waals surface area contributed by atoms with Gasteiger partial charge < -0.3 is 15.5 Å². The van der Waals surface area contributed by atoms with E-state index in [0.29, 0.717) is 25.3 Å². The summed E-state index contributed by atoms with van der Waals surface area (Å²) in [4.78, 5) is 26.4. The van der Waals surface area contributed by atoms with E-state index in [1.807, 2.05) is 37.2 Å². The topological polar surface area (TPSA) is 61.4 Å². The molecule has 0 fully saturated rings. The molecule has 31 heavy (non-hydrogen) atoms. The maximum absolute atomic E-state index is 14.3. The van der Waals surface area contributed by atoms with Gasteiger partial charge in [-0.3, -0.25) is 9.59 Å². The molecule has 0 bridgehead atoms. The number of benzene rings is 2. The van der Waals surface area contributed by atoms with E-state index in [1.165, 1.54) is 24.7 Å². The molecule has 2 atom stereocenters. The van der Waals surface area contributed by atoms with Crippen molar-refractivity contribution in [1.29, 1.82) is 0 Å². The predicted molar refractivity (Wildman–Crippen MR) is 123 cm³/mol. The molecule has 0 saturated carbocycles. The van der Waals surface area contributed by atoms with Gasteiger partial charge in [0, 0.05) is 26.1 Å². The maximum atomic E-state index is 14.3. The Labute approximate surface area is 185 Å². The first kappa shape index (κ1) is 24.5. The number of amides is 2. The monoisotopic (exact) mass is 427 g/mol. The lowest BCUT2D eigenvalue weighted by molar-refractivity contribution is -0.121. The van der Waals surface area contributed by atoms with Crippen LogP contribution >= 0.6 is 0 Å². The summed E-state index contributed by atoms with van der Waals surface area (Å²) in [6.07, 6.45) is 0.988. The number of likely N-dealkylation sites (N-methyl/N-ethyl adjacent to an activating group) is 1. The Hall–Kier alpha value is -2.73. The molecule has 168 valence electrons. The van der Waals surface area contributed by atoms with Crippen LogP contribution in [0.5, 0.6) is 0 Å². The van der Waals surface area contributed by atoms with E-state index in [2.05, 4.69) is 36.6 Å². The van der Waals surface area contributed by atoms with E-state index in [9.17, 15) is 14.0 Å². The zero-order valence-corrected chi connectivity index (χ0v) is 19.1. The zero-order chi connectivity index (χ0) is 23.0. The lowest BCUT2D eigenvalue weighted by Gasteiger charge is -2.26. The number of halogens is 1. The molecule has 2 amide bonds. The van der Waals surface area contributed by atoms with Crippen molar-refractivity contribution < 1.29 is 14.0 Å². The van der Waals surface area contributed by atoms with Gasteiger partial charge in [-0.05, 0) is 55.6 Å². The molecule has 0 aliphatic carbocycles. The van der Waals surface area contributed by atoms with Crippen LogP contribution in [0.1, 0.15) is 47.7 Å². The van der Waals surface area contributed by atoms with Crippen LogP contribution in [0.4, 0.5) is 4.39 Å². The second-order valence-electron chi connectivity index (χ2n) is 8.48. The molecule has 0 aliphatic heterocycles. The van der Waals surface area contributed by atoms with E-state index in [-0.39, 0.29) is 23.4 Å². The molecular formula is C25H34FN3O2. The average molecular weight is 428 g/mol. The summed E-state index contributed by atoms with van der Waals surface area (Å²) in [6, 6.07) is 14.8. The fraction of sp³-hybridized carbons (Fsp3) is 0.440. The van der Waals surface area contributed by atoms with Gasteiger partial charge >= 0.3 is 0 Å². The number of carbonyl (C=O) groups excluding carboxylic acids is 2. The first-order valence-corrected chi connectivity index (χ1v) is 10.7. The molecule has 2 aromatic carbocycles. The minimum atomic E-state index is -0.541. The highest BCUT2D eigenvalue weighted by Crippen LogP contribution is 2.27. The van der Waals surface area contributed by atoms with E-state index in [4.69, 9.17) is 0 Å². The standard InChI is InChI=1S/C25H34FN3O2/c1-17(2)22(19-9-7-6-8-10-19)15-24(30)28-16-20(29(4)5)13-18-11-12-21(23(26)14-18)25(31)27-3/h6-12,14,17,20,22H,13,15-16H2,1-5H3,(H,27,31)(H,28,30). The van der Waals surface area contributed by atoms with Crippen molar-refractivity contribution in [2.75, 3.05) is 27.7 Å². The normalized spacial score (nSPS) is 13.2. The summed E-state index contributed by atoms with van der Waals surface area (Å²) >= 11 is 0. The fourth-order valence-electron chi connectivity index (χ4n) is 3.66. The third-order valence-electron chi connectivity index (χ3n) is 5.68. The Kier molecular flexibility index (Phi) is 9.19. The molecule has 2 aromatic rings. The molecule has 2 rings (SSSR count). The number of carbonyl (C=O) groups is 2. The van der Waals surface area contributed by atoms with Gasteiger partial charge in [-0.2, -0.15) is 0 Å². The van der Waals surface area contributed by atoms with Gasteiger partial charge in [-0.15, -0.1) is 0 Å². The average Bonchev–Trinajstić information content (AvgIpc) is 2.74. The lowest BCUT2D eigenvalue weighted by Crippen LogP contribution is -2.42. The van der Waals surface area contributed by atoms with Crippen LogP contribution in [0.3, 0.4) is 0 Å². The summed E-state index contributed by atoms with van der Waals surface area (Å²) in [6.45, 7) is 4.72. The van der Waals surface area contributed by atoms with Gasteiger partial charge in [0.15, 0.2) is 0 Å². The van der Waals surface area contributed by atoms with Crippen LogP contribution in [-0.2, 0) is 11.2 Å². The Morgan fingerprint density at radius 1 is 1.06 bits per heavy atom. The van der Waals surface area contributed by atoms with E-state index >= 15 is 0 Å². The molecule has 2 N–H and O–H groups in total. The third-order valence-corrected chi connectivity index (χ3v) is 5.68. The van der Waals surface area contributed by atoms with Crippen molar-refractivity contribution in [2.24, 2.45) is 5.92 Å². The van der Waals surface area contributed by atoms with Crippen molar-refractivity contribution in [2.45, 2.75) is 38.6 Å². The van der Waals surface area contributed by atoms with Crippen molar-refractivity contribution in [3.05, 3.63) is 71.0 Å². The van der Waals surface area contributed by atoms with E-state index in [1.54, 1.807) is 6.07 Å². The Bertz CT molecular complexity index is 868. The molecule has 6 heteroatoms. The quantitative estimate of drug-likeness (QED) is 0.609. The van der Waals surface area contributed by atoms with Gasteiger partial charge in [-0.1, -0.05) is 50.2 Å². The van der Waals surface area contributed by atoms with Crippen molar-refractivity contribution in [3.63, 3.8) is 0 Å². The van der Waals surface area contributed by atoms with Gasteiger partial charge in [0.25, 0.3) is 5.91 Å². The second-order valence-corrected chi connectivity index (χ2v) is 8.48. The highest BCUT2D eigenvalue weighted by molar-refractivity contribution is 5.94. The molecule has 0 radical (unpaired) electrons. The fourth-order valence-corrected chi connectivity index (χ4v) is 3.66. The highest BCUT2D eigenvalue weighted by atomic mass is 19.1. The smallest absolute Gasteiger partial charge is 0.253 e. The van der Waals surface area contributed by atoms with Gasteiger partial charge in [0.2, 0.25) is 5.91 Å². The van der Waals surface area contributed by atoms with Crippen LogP contribution in [-0.4, -0.2) is 50.4 Å². The minimum Gasteiger partial charge on any atom is -0.355 e. The van der Waals surface area contributed by atoms with Crippen LogP contribution in [0.15, 0.2) is 48.5 Å². The summed E-state index contributed by atoms with van der Waals surface area (Å²) in [5, 5.41) is 5.49. The number of nitrogens with zero attached hydrogens (tertiary/aromatic N) is 1. The van der Waals surface area contributed by atoms with Crippen molar-refractivity contribution >= 4 is 11.8 Å². The summed E-state index contributed by atoms with van der Waals surface area (Å²) in [5.41, 5.74) is 1.98. The summed E-state index contributed by atoms with van der Waals surface area (Å²) in [7, 11) is 5.35. The second kappa shape index (κ2) is 11.6. The third kappa shape index (κ3) is 7.17. The van der Waals surface area contributed by atoms with Crippen LogP contribution in [0.2, 0.25) is 0 Å². The van der Waals surface area contributed by atoms with E-state index in [0.717, 1.165) is 5.56 Å². The van der Waals surface area contributed by atoms with Crippen molar-refractivity contribution in [3.8, 4) is 0 Å². The van der Waals surface area contributed by atoms with Gasteiger partial charge in [-0.25, -0.2) is 4.39 Å². The van der Waals surface area contributed by atoms with Gasteiger partial charge in [0.1, 0.15) is 5.82 Å². The largest absolute Gasteiger partial charge is 0.355 e. The first-order valence-electron chi connectivity index (χ1n) is 10.7. The lowest BCUT2D eigenvalue weighted by atomic mass is 9.85. The summed E-state index contributed by atoms with van der Waals surface area (Å²) < 4.78 is 14.3. The molecular weight excluding hydrogens is 393 g/mol. The Morgan fingerprint density at radius 2 is 1.74 bits per heavy atom. The Balaban J connectivity index is 1.99. The molecule has 5 nitrogen and oxygen atoms in total. The molecule has 0 saturated heterocycles. The highest BCUT2D eigenvalue weighted by Gasteiger charge is 2.21. The molecule has 2 unspecified atom stereocenters. The number of hydrogen-bond donors (Lipinski definition) is 2. The molecule has 0 heterocycles. The number of hydrogen-bond acceptors (Lipinski definition) is 3. The van der Waals surface area contributed by atoms with E-state index < -0.39 is 11.7 Å². The molecule has 0 spiro atoms. The SMILES string of the molecule is CNC(=O)c1ccc(CC(CNC(=O)CC(c2ccccc2)C(C)C)N(C)C)cc1F. The minimum absolute atomic E-state index is 0.00317. The molecule has 0 aliphatic rings. The Morgan fingerprint density at radius 3 is 2.29 bits per heavy atom. The van der Waals surface area contributed by atoms with Gasteiger partial charge in [0.05, 0.1) is 5.56 Å². The maximum Gasteiger partial charge on any atom is 0.253 e. The van der Waals surface area contributed by atoms with Crippen LogP contribution in [0, 0.1) is 11.7 Å². The number of rotatable bonds is 10.